The zero-order valence-corrected chi connectivity index (χ0v) is 12.7. The molecule has 5 nitrogen and oxygen atoms in total. The SMILES string of the molecule is COCC(O)CN(C)S(=O)(=O)c1ccc(Cl)cc1C. The van der Waals surface area contributed by atoms with E-state index in [1.165, 1.54) is 26.3 Å². The number of methoxy groups -OCH3 is 1. The van der Waals surface area contributed by atoms with E-state index in [1.54, 1.807) is 13.0 Å². The number of hydrogen-bond donors (Lipinski definition) is 1. The molecule has 0 aliphatic rings. The van der Waals surface area contributed by atoms with Gasteiger partial charge in [-0.25, -0.2) is 8.42 Å². The molecule has 0 spiro atoms. The van der Waals surface area contributed by atoms with Crippen molar-refractivity contribution in [1.29, 1.82) is 0 Å². The highest BCUT2D eigenvalue weighted by Crippen LogP contribution is 2.22. The van der Waals surface area contributed by atoms with Crippen LogP contribution in [0, 0.1) is 6.92 Å². The number of halogens is 1. The molecule has 1 aromatic carbocycles. The molecule has 0 aliphatic carbocycles. The average Bonchev–Trinajstić information content (AvgIpc) is 2.28. The minimum Gasteiger partial charge on any atom is -0.389 e. The maximum Gasteiger partial charge on any atom is 0.243 e. The molecule has 0 bridgehead atoms. The fourth-order valence-electron chi connectivity index (χ4n) is 1.71. The van der Waals surface area contributed by atoms with Crippen molar-refractivity contribution in [3.63, 3.8) is 0 Å². The molecular weight excluding hydrogens is 290 g/mol. The van der Waals surface area contributed by atoms with Gasteiger partial charge in [0.15, 0.2) is 0 Å². The monoisotopic (exact) mass is 307 g/mol. The highest BCUT2D eigenvalue weighted by atomic mass is 35.5. The van der Waals surface area contributed by atoms with Gasteiger partial charge in [0, 0.05) is 25.7 Å². The van der Waals surface area contributed by atoms with Crippen LogP contribution in [-0.4, -0.2) is 51.2 Å². The van der Waals surface area contributed by atoms with Crippen LogP contribution >= 0.6 is 11.6 Å². The van der Waals surface area contributed by atoms with Crippen LogP contribution in [0.5, 0.6) is 0 Å². The second-order valence-electron chi connectivity index (χ2n) is 4.30. The Morgan fingerprint density at radius 1 is 1.47 bits per heavy atom. The number of aliphatic hydroxyl groups excluding tert-OH is 1. The van der Waals surface area contributed by atoms with Crippen LogP contribution in [0.2, 0.25) is 5.02 Å². The number of likely N-dealkylation sites (N-methyl/N-ethyl adjacent to an activating group) is 1. The molecule has 0 aromatic heterocycles. The molecule has 1 unspecified atom stereocenters. The number of sulfonamides is 1. The van der Waals surface area contributed by atoms with Gasteiger partial charge in [-0.15, -0.1) is 0 Å². The number of ether oxygens (including phenoxy) is 1. The zero-order valence-electron chi connectivity index (χ0n) is 11.1. The number of aliphatic hydroxyl groups is 1. The Balaban J connectivity index is 2.97. The Morgan fingerprint density at radius 3 is 2.63 bits per heavy atom. The van der Waals surface area contributed by atoms with Crippen molar-refractivity contribution in [2.24, 2.45) is 0 Å². The molecule has 7 heteroatoms. The third-order valence-electron chi connectivity index (χ3n) is 2.65. The van der Waals surface area contributed by atoms with Gasteiger partial charge in [-0.3, -0.25) is 0 Å². The summed E-state index contributed by atoms with van der Waals surface area (Å²) in [6.07, 6.45) is -0.864. The van der Waals surface area contributed by atoms with Crippen molar-refractivity contribution in [1.82, 2.24) is 4.31 Å². The van der Waals surface area contributed by atoms with E-state index < -0.39 is 16.1 Å². The molecule has 108 valence electrons. The van der Waals surface area contributed by atoms with Crippen LogP contribution in [0.25, 0.3) is 0 Å². The summed E-state index contributed by atoms with van der Waals surface area (Å²) >= 11 is 5.81. The number of rotatable bonds is 6. The van der Waals surface area contributed by atoms with E-state index in [2.05, 4.69) is 0 Å². The van der Waals surface area contributed by atoms with Gasteiger partial charge in [0.2, 0.25) is 10.0 Å². The maximum absolute atomic E-state index is 12.3. The van der Waals surface area contributed by atoms with Crippen LogP contribution in [0.1, 0.15) is 5.56 Å². The van der Waals surface area contributed by atoms with Gasteiger partial charge in [-0.05, 0) is 30.7 Å². The van der Waals surface area contributed by atoms with E-state index in [0.717, 1.165) is 4.31 Å². The van der Waals surface area contributed by atoms with Crippen LogP contribution in [0.15, 0.2) is 23.1 Å². The summed E-state index contributed by atoms with van der Waals surface area (Å²) in [6.45, 7) is 1.73. The predicted molar refractivity (Wildman–Crippen MR) is 73.9 cm³/mol. The maximum atomic E-state index is 12.3. The fourth-order valence-corrected chi connectivity index (χ4v) is 3.35. The predicted octanol–water partition coefficient (Wildman–Crippen LogP) is 1.28. The molecule has 0 aliphatic heterocycles. The van der Waals surface area contributed by atoms with Crippen LogP contribution in [0.4, 0.5) is 0 Å². The Kier molecular flexibility index (Phi) is 5.76. The van der Waals surface area contributed by atoms with E-state index >= 15 is 0 Å². The van der Waals surface area contributed by atoms with Crippen LogP contribution in [0.3, 0.4) is 0 Å². The van der Waals surface area contributed by atoms with Gasteiger partial charge < -0.3 is 9.84 Å². The Morgan fingerprint density at radius 2 is 2.11 bits per heavy atom. The smallest absolute Gasteiger partial charge is 0.243 e. The molecule has 0 heterocycles. The van der Waals surface area contributed by atoms with Crippen molar-refractivity contribution < 1.29 is 18.3 Å². The molecule has 1 rings (SSSR count). The fraction of sp³-hybridized carbons (Fsp3) is 0.500. The van der Waals surface area contributed by atoms with Gasteiger partial charge in [0.25, 0.3) is 0 Å². The molecule has 1 atom stereocenters. The number of benzene rings is 1. The highest BCUT2D eigenvalue weighted by Gasteiger charge is 2.24. The summed E-state index contributed by atoms with van der Waals surface area (Å²) in [7, 11) is -0.776. The summed E-state index contributed by atoms with van der Waals surface area (Å²) < 4.78 is 30.5. The van der Waals surface area contributed by atoms with Crippen molar-refractivity contribution >= 4 is 21.6 Å². The minimum atomic E-state index is -3.64. The molecule has 0 saturated heterocycles. The summed E-state index contributed by atoms with van der Waals surface area (Å²) in [5, 5.41) is 10.1. The van der Waals surface area contributed by atoms with E-state index in [0.29, 0.717) is 10.6 Å². The molecule has 0 amide bonds. The highest BCUT2D eigenvalue weighted by molar-refractivity contribution is 7.89. The van der Waals surface area contributed by atoms with Gasteiger partial charge >= 0.3 is 0 Å². The Hall–Kier alpha value is -0.660. The van der Waals surface area contributed by atoms with Crippen molar-refractivity contribution in [2.75, 3.05) is 27.3 Å². The lowest BCUT2D eigenvalue weighted by atomic mass is 10.2. The third kappa shape index (κ3) is 4.15. The van der Waals surface area contributed by atoms with Gasteiger partial charge in [-0.2, -0.15) is 4.31 Å². The van der Waals surface area contributed by atoms with Crippen molar-refractivity contribution in [3.05, 3.63) is 28.8 Å². The van der Waals surface area contributed by atoms with Gasteiger partial charge in [-0.1, -0.05) is 11.6 Å². The second kappa shape index (κ2) is 6.67. The number of hydrogen-bond acceptors (Lipinski definition) is 4. The van der Waals surface area contributed by atoms with Crippen LogP contribution in [-0.2, 0) is 14.8 Å². The first-order chi connectivity index (χ1) is 8.78. The number of aryl methyl sites for hydroxylation is 1. The number of nitrogens with zero attached hydrogens (tertiary/aromatic N) is 1. The minimum absolute atomic E-state index is 0.0295. The Bertz CT molecular complexity index is 533. The summed E-state index contributed by atoms with van der Waals surface area (Å²) in [6, 6.07) is 4.58. The van der Waals surface area contributed by atoms with E-state index in [-0.39, 0.29) is 18.0 Å². The topological polar surface area (TPSA) is 66.8 Å². The van der Waals surface area contributed by atoms with Crippen molar-refractivity contribution in [2.45, 2.75) is 17.9 Å². The largest absolute Gasteiger partial charge is 0.389 e. The molecule has 0 radical (unpaired) electrons. The van der Waals surface area contributed by atoms with Gasteiger partial charge in [0.05, 0.1) is 17.6 Å². The first kappa shape index (κ1) is 16.4. The van der Waals surface area contributed by atoms with E-state index in [1.807, 2.05) is 0 Å². The van der Waals surface area contributed by atoms with Crippen molar-refractivity contribution in [3.8, 4) is 0 Å². The zero-order chi connectivity index (χ0) is 14.6. The summed E-state index contributed by atoms with van der Waals surface area (Å²) in [5.74, 6) is 0. The van der Waals surface area contributed by atoms with Gasteiger partial charge in [0.1, 0.15) is 0 Å². The normalized spacial score (nSPS) is 13.8. The van der Waals surface area contributed by atoms with E-state index in [4.69, 9.17) is 16.3 Å². The lowest BCUT2D eigenvalue weighted by Crippen LogP contribution is -2.36. The average molecular weight is 308 g/mol. The first-order valence-electron chi connectivity index (χ1n) is 5.68. The molecule has 0 saturated carbocycles. The molecule has 0 fully saturated rings. The lowest BCUT2D eigenvalue weighted by Gasteiger charge is -2.21. The summed E-state index contributed by atoms with van der Waals surface area (Å²) in [5.41, 5.74) is 0.570. The quantitative estimate of drug-likeness (QED) is 0.859. The summed E-state index contributed by atoms with van der Waals surface area (Å²) in [4.78, 5) is 0.184. The molecule has 1 aromatic rings. The van der Waals surface area contributed by atoms with E-state index in [9.17, 15) is 13.5 Å². The Labute approximate surface area is 118 Å². The second-order valence-corrected chi connectivity index (χ2v) is 6.75. The van der Waals surface area contributed by atoms with Crippen LogP contribution < -0.4 is 0 Å². The standard InChI is InChI=1S/C12H18ClNO4S/c1-9-6-10(13)4-5-12(9)19(16,17)14(2)7-11(15)8-18-3/h4-6,11,15H,7-8H2,1-3H3. The molecular formula is C12H18ClNO4S. The molecule has 1 N–H and O–H groups in total. The lowest BCUT2D eigenvalue weighted by molar-refractivity contribution is 0.0554. The third-order valence-corrected chi connectivity index (χ3v) is 4.87. The first-order valence-corrected chi connectivity index (χ1v) is 7.50. The molecule has 19 heavy (non-hydrogen) atoms.